The fourth-order valence-electron chi connectivity index (χ4n) is 3.18. The number of nitrogens with zero attached hydrogens (tertiary/aromatic N) is 2. The molecule has 0 aromatic heterocycles. The topological polar surface area (TPSA) is 110 Å². The van der Waals surface area contributed by atoms with Gasteiger partial charge in [-0.1, -0.05) is 12.1 Å². The van der Waals surface area contributed by atoms with E-state index in [1.165, 1.54) is 30.4 Å². The molecule has 2 aromatic carbocycles. The highest BCUT2D eigenvalue weighted by molar-refractivity contribution is 7.89. The van der Waals surface area contributed by atoms with Gasteiger partial charge in [0.15, 0.2) is 0 Å². The van der Waals surface area contributed by atoms with Gasteiger partial charge < -0.3 is 4.90 Å². The largest absolute Gasteiger partial charge is 0.339 e. The van der Waals surface area contributed by atoms with Crippen LogP contribution in [0.25, 0.3) is 6.08 Å². The van der Waals surface area contributed by atoms with Gasteiger partial charge >= 0.3 is 0 Å². The maximum atomic E-state index is 13.0. The minimum absolute atomic E-state index is 0.0187. The zero-order valence-electron chi connectivity index (χ0n) is 15.9. The normalized spacial score (nSPS) is 15.4. The second kappa shape index (κ2) is 9.14. The molecule has 0 saturated carbocycles. The Kier molecular flexibility index (Phi) is 6.58. The van der Waals surface area contributed by atoms with Crippen molar-refractivity contribution in [2.24, 2.45) is 0 Å². The Morgan fingerprint density at radius 2 is 1.77 bits per heavy atom. The maximum absolute atomic E-state index is 13.0. The van der Waals surface area contributed by atoms with Crippen LogP contribution in [0.1, 0.15) is 18.4 Å². The van der Waals surface area contributed by atoms with Crippen molar-refractivity contribution in [3.8, 4) is 0 Å². The summed E-state index contributed by atoms with van der Waals surface area (Å²) in [5.74, 6) is -0.817. The number of likely N-dealkylation sites (tertiary alicyclic amines) is 1. The summed E-state index contributed by atoms with van der Waals surface area (Å²) in [6.07, 6.45) is 3.53. The van der Waals surface area contributed by atoms with Crippen LogP contribution in [-0.4, -0.2) is 43.3 Å². The third-order valence-electron chi connectivity index (χ3n) is 4.79. The molecular weight excluding hydrogens is 413 g/mol. The maximum Gasteiger partial charge on any atom is 0.276 e. The van der Waals surface area contributed by atoms with E-state index in [9.17, 15) is 27.7 Å². The molecule has 10 heteroatoms. The van der Waals surface area contributed by atoms with Gasteiger partial charge in [0.05, 0.1) is 15.4 Å². The van der Waals surface area contributed by atoms with Crippen molar-refractivity contribution in [3.05, 3.63) is 76.1 Å². The Morgan fingerprint density at radius 1 is 1.13 bits per heavy atom. The van der Waals surface area contributed by atoms with E-state index in [1.807, 2.05) is 0 Å². The van der Waals surface area contributed by atoms with Gasteiger partial charge in [-0.05, 0) is 49.2 Å². The summed E-state index contributed by atoms with van der Waals surface area (Å²) in [5, 5.41) is 11.0. The van der Waals surface area contributed by atoms with Gasteiger partial charge in [-0.15, -0.1) is 0 Å². The molecule has 8 nitrogen and oxygen atoms in total. The van der Waals surface area contributed by atoms with E-state index in [0.717, 1.165) is 12.1 Å². The van der Waals surface area contributed by atoms with E-state index < -0.39 is 20.8 Å². The molecule has 1 aliphatic heterocycles. The van der Waals surface area contributed by atoms with E-state index in [2.05, 4.69) is 4.72 Å². The molecule has 0 unspecified atom stereocenters. The molecule has 1 saturated heterocycles. The molecule has 1 amide bonds. The number of rotatable bonds is 6. The summed E-state index contributed by atoms with van der Waals surface area (Å²) in [6, 6.07) is 10.3. The van der Waals surface area contributed by atoms with Crippen LogP contribution in [0.2, 0.25) is 0 Å². The molecule has 30 heavy (non-hydrogen) atoms. The zero-order valence-corrected chi connectivity index (χ0v) is 16.7. The number of hydrogen-bond donors (Lipinski definition) is 1. The fraction of sp³-hybridized carbons (Fsp3) is 0.250. The number of halogens is 1. The smallest absolute Gasteiger partial charge is 0.276 e. The first kappa shape index (κ1) is 21.6. The quantitative estimate of drug-likeness (QED) is 0.428. The Labute approximate surface area is 173 Å². The number of carbonyl (C=O) groups is 1. The van der Waals surface area contributed by atoms with Gasteiger partial charge in [0.2, 0.25) is 15.9 Å². The monoisotopic (exact) mass is 433 g/mol. The van der Waals surface area contributed by atoms with E-state index in [4.69, 9.17) is 0 Å². The van der Waals surface area contributed by atoms with Crippen molar-refractivity contribution in [2.45, 2.75) is 23.8 Å². The number of nitro groups is 1. The van der Waals surface area contributed by atoms with E-state index in [0.29, 0.717) is 31.5 Å². The molecule has 3 rings (SSSR count). The van der Waals surface area contributed by atoms with Crippen LogP contribution in [0.3, 0.4) is 0 Å². The third-order valence-corrected chi connectivity index (χ3v) is 6.33. The minimum atomic E-state index is -3.77. The molecule has 1 N–H and O–H groups in total. The van der Waals surface area contributed by atoms with Crippen molar-refractivity contribution in [1.82, 2.24) is 9.62 Å². The molecule has 0 spiro atoms. The number of nitro benzene ring substituents is 1. The summed E-state index contributed by atoms with van der Waals surface area (Å²) >= 11 is 0. The number of hydrogen-bond acceptors (Lipinski definition) is 5. The fourth-order valence-corrected chi connectivity index (χ4v) is 4.49. The summed E-state index contributed by atoms with van der Waals surface area (Å²) in [7, 11) is -3.77. The molecule has 0 radical (unpaired) electrons. The first-order chi connectivity index (χ1) is 14.3. The lowest BCUT2D eigenvalue weighted by Crippen LogP contribution is -2.46. The zero-order chi connectivity index (χ0) is 21.7. The second-order valence-corrected chi connectivity index (χ2v) is 8.54. The second-order valence-electron chi connectivity index (χ2n) is 6.82. The number of sulfonamides is 1. The summed E-state index contributed by atoms with van der Waals surface area (Å²) in [4.78, 5) is 24.5. The SMILES string of the molecule is O=C(/C=C/c1ccccc1[N+](=O)[O-])N1CCC(NS(=O)(=O)c2ccc(F)cc2)CC1. The van der Waals surface area contributed by atoms with Crippen LogP contribution in [0.15, 0.2) is 59.5 Å². The first-order valence-electron chi connectivity index (χ1n) is 9.24. The van der Waals surface area contributed by atoms with Gasteiger partial charge in [0.1, 0.15) is 5.82 Å². The van der Waals surface area contributed by atoms with Crippen LogP contribution in [-0.2, 0) is 14.8 Å². The lowest BCUT2D eigenvalue weighted by molar-refractivity contribution is -0.385. The molecule has 0 bridgehead atoms. The summed E-state index contributed by atoms with van der Waals surface area (Å²) < 4.78 is 40.4. The average Bonchev–Trinajstić information content (AvgIpc) is 2.72. The molecule has 2 aromatic rings. The molecule has 0 atom stereocenters. The predicted octanol–water partition coefficient (Wildman–Crippen LogP) is 2.72. The number of carbonyl (C=O) groups excluding carboxylic acids is 1. The Hall–Kier alpha value is -3.11. The molecule has 0 aliphatic carbocycles. The van der Waals surface area contributed by atoms with Crippen LogP contribution in [0.4, 0.5) is 10.1 Å². The van der Waals surface area contributed by atoms with E-state index in [-0.39, 0.29) is 22.5 Å². The van der Waals surface area contributed by atoms with E-state index >= 15 is 0 Å². The van der Waals surface area contributed by atoms with Crippen molar-refractivity contribution in [1.29, 1.82) is 0 Å². The number of piperidine rings is 1. The summed E-state index contributed by atoms with van der Waals surface area (Å²) in [6.45, 7) is 0.688. The highest BCUT2D eigenvalue weighted by Gasteiger charge is 2.26. The van der Waals surface area contributed by atoms with Gasteiger partial charge in [0, 0.05) is 31.3 Å². The number of benzene rings is 2. The van der Waals surface area contributed by atoms with Crippen molar-refractivity contribution in [2.75, 3.05) is 13.1 Å². The average molecular weight is 433 g/mol. The standard InChI is InChI=1S/C20H20FN3O5S/c21-16-6-8-18(9-7-16)30(28,29)22-17-11-13-23(14-12-17)20(25)10-5-15-3-1-2-4-19(15)24(26)27/h1-10,17,22H,11-14H2/b10-5+. The van der Waals surface area contributed by atoms with Gasteiger partial charge in [0.25, 0.3) is 5.69 Å². The van der Waals surface area contributed by atoms with E-state index in [1.54, 1.807) is 23.1 Å². The Bertz CT molecular complexity index is 1060. The number of para-hydroxylation sites is 1. The minimum Gasteiger partial charge on any atom is -0.339 e. The van der Waals surface area contributed by atoms with Crippen molar-refractivity contribution in [3.63, 3.8) is 0 Å². The molecule has 1 aliphatic rings. The molecule has 1 heterocycles. The van der Waals surface area contributed by atoms with Crippen LogP contribution >= 0.6 is 0 Å². The highest BCUT2D eigenvalue weighted by Crippen LogP contribution is 2.20. The van der Waals surface area contributed by atoms with Gasteiger partial charge in [-0.25, -0.2) is 17.5 Å². The van der Waals surface area contributed by atoms with Gasteiger partial charge in [-0.3, -0.25) is 14.9 Å². The first-order valence-corrected chi connectivity index (χ1v) is 10.7. The molecular formula is C20H20FN3O5S. The van der Waals surface area contributed by atoms with Crippen molar-refractivity contribution >= 4 is 27.7 Å². The summed E-state index contributed by atoms with van der Waals surface area (Å²) in [5.41, 5.74) is 0.244. The Balaban J connectivity index is 1.57. The third kappa shape index (κ3) is 5.28. The lowest BCUT2D eigenvalue weighted by atomic mass is 10.1. The van der Waals surface area contributed by atoms with Crippen LogP contribution in [0, 0.1) is 15.9 Å². The van der Waals surface area contributed by atoms with Crippen LogP contribution in [0.5, 0.6) is 0 Å². The Morgan fingerprint density at radius 3 is 2.40 bits per heavy atom. The van der Waals surface area contributed by atoms with Crippen molar-refractivity contribution < 1.29 is 22.5 Å². The number of nitrogens with one attached hydrogen (secondary N) is 1. The molecule has 158 valence electrons. The van der Waals surface area contributed by atoms with Crippen LogP contribution < -0.4 is 4.72 Å². The molecule has 1 fully saturated rings. The lowest BCUT2D eigenvalue weighted by Gasteiger charge is -2.31. The van der Waals surface area contributed by atoms with Gasteiger partial charge in [-0.2, -0.15) is 0 Å². The highest BCUT2D eigenvalue weighted by atomic mass is 32.2. The predicted molar refractivity (Wildman–Crippen MR) is 108 cm³/mol. The number of amides is 1.